The van der Waals surface area contributed by atoms with E-state index in [1.165, 1.54) is 19.2 Å². The van der Waals surface area contributed by atoms with Crippen LogP contribution in [0.2, 0.25) is 0 Å². The number of hydrogen-bond acceptors (Lipinski definition) is 5. The van der Waals surface area contributed by atoms with E-state index in [2.05, 4.69) is 16.9 Å². The highest BCUT2D eigenvalue weighted by atomic mass is 16.6. The standard InChI is InChI=1S/C21H25N3O3/c1-7-15(13-22)9-8-14(2)10-17-11-16(20(26)27-21(3,4)5)12-18(24-17)19(25)23-6/h7-9,11-12H,1,10H2,2-6H3,(H,23,25)/b14-8+,15-9+. The van der Waals surface area contributed by atoms with Gasteiger partial charge >= 0.3 is 5.97 Å². The summed E-state index contributed by atoms with van der Waals surface area (Å²) in [5, 5.41) is 11.4. The monoisotopic (exact) mass is 367 g/mol. The van der Waals surface area contributed by atoms with Gasteiger partial charge in [-0.3, -0.25) is 4.79 Å². The zero-order valence-electron chi connectivity index (χ0n) is 16.4. The van der Waals surface area contributed by atoms with E-state index in [9.17, 15) is 9.59 Å². The number of nitriles is 1. The number of carbonyl (C=O) groups excluding carboxylic acids is 2. The molecule has 0 bridgehead atoms. The number of amides is 1. The summed E-state index contributed by atoms with van der Waals surface area (Å²) in [7, 11) is 1.50. The molecule has 1 N–H and O–H groups in total. The Labute approximate surface area is 160 Å². The van der Waals surface area contributed by atoms with Crippen LogP contribution < -0.4 is 5.32 Å². The molecule has 1 amide bonds. The molecule has 0 spiro atoms. The van der Waals surface area contributed by atoms with Crippen LogP contribution in [-0.4, -0.2) is 29.5 Å². The minimum Gasteiger partial charge on any atom is -0.456 e. The molecule has 1 aromatic heterocycles. The predicted octanol–water partition coefficient (Wildman–Crippen LogP) is 3.52. The normalized spacial score (nSPS) is 12.1. The molecule has 0 aliphatic carbocycles. The van der Waals surface area contributed by atoms with Crippen molar-refractivity contribution >= 4 is 11.9 Å². The topological polar surface area (TPSA) is 92.1 Å². The Balaban J connectivity index is 3.24. The molecular weight excluding hydrogens is 342 g/mol. The van der Waals surface area contributed by atoms with Crippen molar-refractivity contribution in [2.75, 3.05) is 7.05 Å². The van der Waals surface area contributed by atoms with Gasteiger partial charge in [0.15, 0.2) is 0 Å². The Bertz CT molecular complexity index is 837. The Kier molecular flexibility index (Phi) is 7.67. The first-order valence-electron chi connectivity index (χ1n) is 8.46. The molecule has 6 nitrogen and oxygen atoms in total. The maximum Gasteiger partial charge on any atom is 0.338 e. The smallest absolute Gasteiger partial charge is 0.338 e. The summed E-state index contributed by atoms with van der Waals surface area (Å²) in [4.78, 5) is 28.7. The van der Waals surface area contributed by atoms with Crippen molar-refractivity contribution in [1.29, 1.82) is 5.26 Å². The molecule has 1 rings (SSSR count). The van der Waals surface area contributed by atoms with Crippen LogP contribution in [0.4, 0.5) is 0 Å². The molecule has 0 atom stereocenters. The molecule has 0 aromatic carbocycles. The second kappa shape index (κ2) is 9.48. The summed E-state index contributed by atoms with van der Waals surface area (Å²) < 4.78 is 5.39. The SMILES string of the molecule is C=C/C(C#N)=C\C=C(/C)Cc1cc(C(=O)OC(C)(C)C)cc(C(=O)NC)n1. The van der Waals surface area contributed by atoms with Crippen LogP contribution in [0.15, 0.2) is 48.1 Å². The van der Waals surface area contributed by atoms with Crippen molar-refractivity contribution in [3.05, 3.63) is 65.0 Å². The summed E-state index contributed by atoms with van der Waals surface area (Å²) >= 11 is 0. The number of carbonyl (C=O) groups is 2. The number of allylic oxidation sites excluding steroid dienone is 5. The molecule has 142 valence electrons. The Hall–Kier alpha value is -3.20. The third kappa shape index (κ3) is 7.28. The van der Waals surface area contributed by atoms with E-state index in [0.717, 1.165) is 5.57 Å². The highest BCUT2D eigenvalue weighted by Gasteiger charge is 2.20. The summed E-state index contributed by atoms with van der Waals surface area (Å²) in [6.45, 7) is 10.8. The molecule has 0 saturated carbocycles. The van der Waals surface area contributed by atoms with Gasteiger partial charge in [0.05, 0.1) is 17.2 Å². The molecule has 1 heterocycles. The Morgan fingerprint density at radius 3 is 2.52 bits per heavy atom. The van der Waals surface area contributed by atoms with Gasteiger partial charge < -0.3 is 10.1 Å². The number of ether oxygens (including phenoxy) is 1. The van der Waals surface area contributed by atoms with E-state index >= 15 is 0 Å². The van der Waals surface area contributed by atoms with Crippen molar-refractivity contribution < 1.29 is 14.3 Å². The first kappa shape index (κ1) is 21.8. The lowest BCUT2D eigenvalue weighted by atomic mass is 10.1. The van der Waals surface area contributed by atoms with Gasteiger partial charge in [-0.2, -0.15) is 5.26 Å². The minimum absolute atomic E-state index is 0.142. The van der Waals surface area contributed by atoms with Crippen LogP contribution in [0.3, 0.4) is 0 Å². The number of esters is 1. The van der Waals surface area contributed by atoms with E-state index in [1.54, 1.807) is 39.0 Å². The van der Waals surface area contributed by atoms with Crippen LogP contribution in [0, 0.1) is 11.3 Å². The van der Waals surface area contributed by atoms with Crippen molar-refractivity contribution in [3.8, 4) is 6.07 Å². The van der Waals surface area contributed by atoms with Gasteiger partial charge in [0.1, 0.15) is 11.3 Å². The number of rotatable bonds is 6. The predicted molar refractivity (Wildman–Crippen MR) is 104 cm³/mol. The average molecular weight is 367 g/mol. The number of aromatic nitrogens is 1. The molecule has 0 aliphatic rings. The van der Waals surface area contributed by atoms with Crippen molar-refractivity contribution in [2.24, 2.45) is 0 Å². The summed E-state index contributed by atoms with van der Waals surface area (Å²) in [5.41, 5.74) is 1.66. The minimum atomic E-state index is -0.646. The Morgan fingerprint density at radius 1 is 1.33 bits per heavy atom. The number of pyridine rings is 1. The third-order valence-electron chi connectivity index (χ3n) is 3.33. The second-order valence-corrected chi connectivity index (χ2v) is 6.94. The fourth-order valence-electron chi connectivity index (χ4n) is 2.11. The van der Waals surface area contributed by atoms with Gasteiger partial charge in [0, 0.05) is 19.2 Å². The van der Waals surface area contributed by atoms with Crippen molar-refractivity contribution in [2.45, 2.75) is 39.7 Å². The van der Waals surface area contributed by atoms with E-state index in [1.807, 2.05) is 13.0 Å². The maximum atomic E-state index is 12.4. The summed E-state index contributed by atoms with van der Waals surface area (Å²) in [5.74, 6) is -0.905. The summed E-state index contributed by atoms with van der Waals surface area (Å²) in [6.07, 6.45) is 5.31. The molecule has 6 heteroatoms. The molecule has 0 aliphatic heterocycles. The number of nitrogens with zero attached hydrogens (tertiary/aromatic N) is 2. The molecule has 27 heavy (non-hydrogen) atoms. The van der Waals surface area contributed by atoms with E-state index in [4.69, 9.17) is 10.00 Å². The number of nitrogens with one attached hydrogen (secondary N) is 1. The van der Waals surface area contributed by atoms with Crippen molar-refractivity contribution in [1.82, 2.24) is 10.3 Å². The zero-order chi connectivity index (χ0) is 20.6. The van der Waals surface area contributed by atoms with Crippen LogP contribution in [0.1, 0.15) is 54.2 Å². The molecule has 1 aromatic rings. The van der Waals surface area contributed by atoms with Gasteiger partial charge in [0.2, 0.25) is 0 Å². The van der Waals surface area contributed by atoms with Crippen LogP contribution in [0.25, 0.3) is 0 Å². The fraction of sp³-hybridized carbons (Fsp3) is 0.333. The molecule has 0 fully saturated rings. The largest absolute Gasteiger partial charge is 0.456 e. The maximum absolute atomic E-state index is 12.4. The fourth-order valence-corrected chi connectivity index (χ4v) is 2.11. The highest BCUT2D eigenvalue weighted by Crippen LogP contribution is 2.16. The quantitative estimate of drug-likeness (QED) is 0.472. The first-order chi connectivity index (χ1) is 12.6. The molecule has 0 saturated heterocycles. The highest BCUT2D eigenvalue weighted by molar-refractivity contribution is 5.96. The molecule has 0 unspecified atom stereocenters. The van der Waals surface area contributed by atoms with Gasteiger partial charge in [0.25, 0.3) is 5.91 Å². The average Bonchev–Trinajstić information content (AvgIpc) is 2.60. The van der Waals surface area contributed by atoms with Crippen LogP contribution >= 0.6 is 0 Å². The van der Waals surface area contributed by atoms with Gasteiger partial charge in [-0.1, -0.05) is 24.3 Å². The lowest BCUT2D eigenvalue weighted by Crippen LogP contribution is -2.25. The van der Waals surface area contributed by atoms with Crippen LogP contribution in [0.5, 0.6) is 0 Å². The van der Waals surface area contributed by atoms with E-state index < -0.39 is 11.6 Å². The number of hydrogen-bond donors (Lipinski definition) is 1. The second-order valence-electron chi connectivity index (χ2n) is 6.94. The third-order valence-corrected chi connectivity index (χ3v) is 3.33. The van der Waals surface area contributed by atoms with Crippen LogP contribution in [-0.2, 0) is 11.2 Å². The van der Waals surface area contributed by atoms with Gasteiger partial charge in [-0.15, -0.1) is 0 Å². The summed E-state index contributed by atoms with van der Waals surface area (Å²) in [6, 6.07) is 5.05. The first-order valence-corrected chi connectivity index (χ1v) is 8.46. The van der Waals surface area contributed by atoms with Crippen molar-refractivity contribution in [3.63, 3.8) is 0 Å². The lowest BCUT2D eigenvalue weighted by molar-refractivity contribution is 0.00692. The molecular formula is C21H25N3O3. The van der Waals surface area contributed by atoms with E-state index in [-0.39, 0.29) is 17.2 Å². The Morgan fingerprint density at radius 2 is 2.00 bits per heavy atom. The van der Waals surface area contributed by atoms with Gasteiger partial charge in [-0.25, -0.2) is 9.78 Å². The lowest BCUT2D eigenvalue weighted by Gasteiger charge is -2.20. The molecule has 0 radical (unpaired) electrons. The zero-order valence-corrected chi connectivity index (χ0v) is 16.4. The van der Waals surface area contributed by atoms with Gasteiger partial charge in [-0.05, 0) is 45.9 Å². The van der Waals surface area contributed by atoms with E-state index in [0.29, 0.717) is 17.7 Å².